The van der Waals surface area contributed by atoms with Crippen LogP contribution in [0.15, 0.2) is 24.3 Å². The third-order valence-electron chi connectivity index (χ3n) is 10.7. The number of allylic oxidation sites excluding steroid dienone is 1. The van der Waals surface area contributed by atoms with Gasteiger partial charge in [0.05, 0.1) is 23.7 Å². The molecule has 2 aliphatic heterocycles. The number of cyclic esters (lactones) is 4. The van der Waals surface area contributed by atoms with Gasteiger partial charge in [0.1, 0.15) is 0 Å². The van der Waals surface area contributed by atoms with Crippen LogP contribution >= 0.6 is 0 Å². The van der Waals surface area contributed by atoms with E-state index in [2.05, 4.69) is 30.4 Å². The number of hydrogen-bond acceptors (Lipinski definition) is 6. The van der Waals surface area contributed by atoms with Gasteiger partial charge in [-0.3, -0.25) is 19.2 Å². The first kappa shape index (κ1) is 19.5. The molecule has 34 heavy (non-hydrogen) atoms. The molecule has 174 valence electrons. The quantitative estimate of drug-likeness (QED) is 0.499. The number of rotatable bonds is 2. The summed E-state index contributed by atoms with van der Waals surface area (Å²) in [5.74, 6) is -0.00606. The zero-order chi connectivity index (χ0) is 22.9. The Kier molecular flexibility index (Phi) is 3.71. The molecule has 7 aliphatic rings. The molecule has 6 fully saturated rings. The Balaban J connectivity index is 1.05. The molecule has 8 rings (SSSR count). The molecule has 0 N–H and O–H groups in total. The zero-order valence-corrected chi connectivity index (χ0v) is 18.7. The smallest absolute Gasteiger partial charge is 0.317 e. The number of fused-ring (bicyclic) bond motifs is 11. The Morgan fingerprint density at radius 2 is 1.29 bits per heavy atom. The Bertz CT molecular complexity index is 1210. The van der Waals surface area contributed by atoms with Crippen molar-refractivity contribution in [3.05, 3.63) is 41.0 Å². The lowest BCUT2D eigenvalue weighted by atomic mass is 9.67. The second kappa shape index (κ2) is 6.46. The fourth-order valence-electron chi connectivity index (χ4n) is 9.48. The van der Waals surface area contributed by atoms with Crippen LogP contribution in [0.4, 0.5) is 0 Å². The normalized spacial score (nSPS) is 47.1. The molecule has 0 aromatic heterocycles. The van der Waals surface area contributed by atoms with Gasteiger partial charge in [0, 0.05) is 0 Å². The molecule has 11 atom stereocenters. The lowest BCUT2D eigenvalue weighted by Gasteiger charge is -2.34. The van der Waals surface area contributed by atoms with Crippen LogP contribution in [0, 0.1) is 59.2 Å². The van der Waals surface area contributed by atoms with Crippen LogP contribution in [0.1, 0.15) is 48.3 Å². The summed E-state index contributed by atoms with van der Waals surface area (Å²) in [7, 11) is 0. The highest BCUT2D eigenvalue weighted by atomic mass is 16.6. The lowest BCUT2D eigenvalue weighted by molar-refractivity contribution is -0.156. The Hall–Kier alpha value is -2.76. The third-order valence-corrected chi connectivity index (χ3v) is 10.7. The van der Waals surface area contributed by atoms with E-state index in [0.717, 1.165) is 32.1 Å². The van der Waals surface area contributed by atoms with Crippen molar-refractivity contribution in [2.45, 2.75) is 38.0 Å². The van der Waals surface area contributed by atoms with Gasteiger partial charge >= 0.3 is 23.9 Å². The molecular weight excluding hydrogens is 432 g/mol. The van der Waals surface area contributed by atoms with E-state index in [1.54, 1.807) is 0 Å². The van der Waals surface area contributed by atoms with Crippen LogP contribution in [-0.2, 0) is 35.1 Å². The number of hydrogen-bond donors (Lipinski definition) is 0. The summed E-state index contributed by atoms with van der Waals surface area (Å²) in [5, 5.41) is 0. The number of carbonyl (C=O) groups excluding carboxylic acids is 4. The lowest BCUT2D eigenvalue weighted by Crippen LogP contribution is -2.34. The van der Waals surface area contributed by atoms with E-state index in [1.807, 2.05) is 0 Å². The van der Waals surface area contributed by atoms with E-state index in [4.69, 9.17) is 9.47 Å². The van der Waals surface area contributed by atoms with Crippen LogP contribution in [0.2, 0.25) is 0 Å². The van der Waals surface area contributed by atoms with E-state index in [0.29, 0.717) is 17.8 Å². The standard InChI is InChI=1S/C28H26O6/c29-25-21-15-7-17(19(9-15)23(21)27(31)33-25)12-3-1-11-2-4-13(6-14(11)5-12)18-8-16-10-20(18)24-22(16)26(30)34-28(24)32/h1-5,13,15-24H,6-10H2. The van der Waals surface area contributed by atoms with E-state index in [9.17, 15) is 19.2 Å². The van der Waals surface area contributed by atoms with Gasteiger partial charge in [0.2, 0.25) is 0 Å². The van der Waals surface area contributed by atoms with Crippen molar-refractivity contribution in [1.29, 1.82) is 0 Å². The first-order valence-electron chi connectivity index (χ1n) is 12.8. The first-order valence-corrected chi connectivity index (χ1v) is 12.8. The fourth-order valence-corrected chi connectivity index (χ4v) is 9.48. The summed E-state index contributed by atoms with van der Waals surface area (Å²) in [6.45, 7) is 0. The van der Waals surface area contributed by atoms with Crippen LogP contribution in [-0.4, -0.2) is 23.9 Å². The molecule has 11 unspecified atom stereocenters. The van der Waals surface area contributed by atoms with Gasteiger partial charge in [0.25, 0.3) is 0 Å². The molecule has 4 saturated carbocycles. The SMILES string of the molecule is O=C1OC(=O)C2C3CC(CC3c3ccc4c(c3)CC(C3CC5CC3C3C(=O)OC(=O)C53)C=C4)C12. The predicted molar refractivity (Wildman–Crippen MR) is 117 cm³/mol. The van der Waals surface area contributed by atoms with Gasteiger partial charge in [-0.1, -0.05) is 30.4 Å². The minimum atomic E-state index is -0.313. The second-order valence-electron chi connectivity index (χ2n) is 11.8. The largest absolute Gasteiger partial charge is 0.393 e. The van der Waals surface area contributed by atoms with Crippen LogP contribution < -0.4 is 0 Å². The Morgan fingerprint density at radius 1 is 0.676 bits per heavy atom. The average molecular weight is 459 g/mol. The molecule has 6 nitrogen and oxygen atoms in total. The average Bonchev–Trinajstić information content (AvgIpc) is 3.64. The topological polar surface area (TPSA) is 86.7 Å². The van der Waals surface area contributed by atoms with E-state index in [1.165, 1.54) is 16.7 Å². The first-order chi connectivity index (χ1) is 16.5. The van der Waals surface area contributed by atoms with Crippen molar-refractivity contribution < 1.29 is 28.7 Å². The highest BCUT2D eigenvalue weighted by molar-refractivity contribution is 5.98. The van der Waals surface area contributed by atoms with Crippen LogP contribution in [0.25, 0.3) is 6.08 Å². The highest BCUT2D eigenvalue weighted by Crippen LogP contribution is 2.62. The van der Waals surface area contributed by atoms with Crippen molar-refractivity contribution in [2.24, 2.45) is 59.2 Å². The molecule has 0 amide bonds. The third kappa shape index (κ3) is 2.37. The molecule has 1 aromatic carbocycles. The number of ether oxygens (including phenoxy) is 2. The monoisotopic (exact) mass is 458 g/mol. The Labute approximate surface area is 197 Å². The summed E-state index contributed by atoms with van der Waals surface area (Å²) >= 11 is 0. The minimum Gasteiger partial charge on any atom is -0.393 e. The zero-order valence-electron chi connectivity index (χ0n) is 18.7. The summed E-state index contributed by atoms with van der Waals surface area (Å²) in [5.41, 5.74) is 3.86. The summed E-state index contributed by atoms with van der Waals surface area (Å²) in [4.78, 5) is 48.9. The van der Waals surface area contributed by atoms with Gasteiger partial charge in [-0.05, 0) is 90.2 Å². The van der Waals surface area contributed by atoms with Gasteiger partial charge in [-0.2, -0.15) is 0 Å². The van der Waals surface area contributed by atoms with Gasteiger partial charge < -0.3 is 9.47 Å². The maximum absolute atomic E-state index is 12.3. The molecule has 0 spiro atoms. The number of esters is 4. The van der Waals surface area contributed by atoms with Gasteiger partial charge in [-0.25, -0.2) is 0 Å². The summed E-state index contributed by atoms with van der Waals surface area (Å²) < 4.78 is 9.97. The fraction of sp³-hybridized carbons (Fsp3) is 0.571. The maximum Gasteiger partial charge on any atom is 0.317 e. The summed E-state index contributed by atoms with van der Waals surface area (Å²) in [6.07, 6.45) is 9.36. The maximum atomic E-state index is 12.3. The van der Waals surface area contributed by atoms with Crippen molar-refractivity contribution >= 4 is 30.0 Å². The number of carbonyl (C=O) groups is 4. The van der Waals surface area contributed by atoms with E-state index in [-0.39, 0.29) is 71.2 Å². The van der Waals surface area contributed by atoms with Gasteiger partial charge in [0.15, 0.2) is 0 Å². The Morgan fingerprint density at radius 3 is 2.06 bits per heavy atom. The highest BCUT2D eigenvalue weighted by Gasteiger charge is 2.64. The van der Waals surface area contributed by atoms with Crippen molar-refractivity contribution in [1.82, 2.24) is 0 Å². The second-order valence-corrected chi connectivity index (χ2v) is 11.8. The minimum absolute atomic E-state index is 0.198. The molecular formula is C28H26O6. The summed E-state index contributed by atoms with van der Waals surface area (Å²) in [6, 6.07) is 6.73. The van der Waals surface area contributed by atoms with Crippen molar-refractivity contribution in [2.75, 3.05) is 0 Å². The molecule has 2 heterocycles. The van der Waals surface area contributed by atoms with Crippen molar-refractivity contribution in [3.63, 3.8) is 0 Å². The van der Waals surface area contributed by atoms with E-state index < -0.39 is 0 Å². The molecule has 1 aromatic rings. The molecule has 2 saturated heterocycles. The van der Waals surface area contributed by atoms with E-state index >= 15 is 0 Å². The molecule has 6 heteroatoms. The predicted octanol–water partition coefficient (Wildman–Crippen LogP) is 3.28. The molecule has 4 bridgehead atoms. The van der Waals surface area contributed by atoms with Crippen LogP contribution in [0.5, 0.6) is 0 Å². The number of benzene rings is 1. The molecule has 0 radical (unpaired) electrons. The molecule has 5 aliphatic carbocycles. The van der Waals surface area contributed by atoms with Gasteiger partial charge in [-0.15, -0.1) is 0 Å². The van der Waals surface area contributed by atoms with Crippen molar-refractivity contribution in [3.8, 4) is 0 Å². The van der Waals surface area contributed by atoms with Crippen LogP contribution in [0.3, 0.4) is 0 Å².